The Hall–Kier alpha value is -2.57. The predicted octanol–water partition coefficient (Wildman–Crippen LogP) is 1.69. The van der Waals surface area contributed by atoms with Crippen LogP contribution in [0.5, 0.6) is 0 Å². The molecule has 0 fully saturated rings. The van der Waals surface area contributed by atoms with Gasteiger partial charge in [-0.1, -0.05) is 0 Å². The molecule has 0 atom stereocenters. The average molecular weight is 259 g/mol. The standard InChI is InChI=1S/C12H13N5O2/c1-2-19-12(18)15-6-9-16-8-5-14-11-7(3-4-13-11)10(8)17-9/h3-5H,2,6H2,1H3,(H,13,14)(H,15,18)(H,16,17). The molecule has 0 aromatic carbocycles. The number of fused-ring (bicyclic) bond motifs is 3. The zero-order valence-corrected chi connectivity index (χ0v) is 10.4. The van der Waals surface area contributed by atoms with Gasteiger partial charge >= 0.3 is 6.09 Å². The third-order valence-corrected chi connectivity index (χ3v) is 2.76. The van der Waals surface area contributed by atoms with Crippen molar-refractivity contribution in [3.05, 3.63) is 24.3 Å². The van der Waals surface area contributed by atoms with E-state index in [1.807, 2.05) is 12.3 Å². The molecule has 0 aliphatic carbocycles. The van der Waals surface area contributed by atoms with Crippen LogP contribution in [-0.4, -0.2) is 32.6 Å². The van der Waals surface area contributed by atoms with Crippen LogP contribution in [0.2, 0.25) is 0 Å². The van der Waals surface area contributed by atoms with Crippen LogP contribution < -0.4 is 5.32 Å². The second-order valence-corrected chi connectivity index (χ2v) is 4.02. The Morgan fingerprint density at radius 1 is 1.53 bits per heavy atom. The van der Waals surface area contributed by atoms with E-state index in [0.29, 0.717) is 19.0 Å². The normalized spacial score (nSPS) is 11.0. The van der Waals surface area contributed by atoms with Gasteiger partial charge < -0.3 is 20.0 Å². The Kier molecular flexibility index (Phi) is 2.79. The lowest BCUT2D eigenvalue weighted by molar-refractivity contribution is 0.151. The zero-order valence-electron chi connectivity index (χ0n) is 10.4. The summed E-state index contributed by atoms with van der Waals surface area (Å²) in [5.74, 6) is 0.665. The minimum absolute atomic E-state index is 0.291. The maximum absolute atomic E-state index is 11.2. The molecule has 0 spiro atoms. The van der Waals surface area contributed by atoms with E-state index in [0.717, 1.165) is 22.1 Å². The molecule has 3 aromatic rings. The number of hydrogen-bond acceptors (Lipinski definition) is 4. The second kappa shape index (κ2) is 4.60. The summed E-state index contributed by atoms with van der Waals surface area (Å²) >= 11 is 0. The van der Waals surface area contributed by atoms with Crippen molar-refractivity contribution in [2.45, 2.75) is 13.5 Å². The number of imidazole rings is 1. The van der Waals surface area contributed by atoms with Gasteiger partial charge in [0, 0.05) is 11.6 Å². The monoisotopic (exact) mass is 259 g/mol. The Balaban J connectivity index is 1.87. The maximum Gasteiger partial charge on any atom is 0.407 e. The molecule has 3 heterocycles. The first kappa shape index (κ1) is 11.5. The fourth-order valence-corrected chi connectivity index (χ4v) is 1.95. The minimum Gasteiger partial charge on any atom is -0.450 e. The number of rotatable bonds is 3. The lowest BCUT2D eigenvalue weighted by Crippen LogP contribution is -2.24. The van der Waals surface area contributed by atoms with Gasteiger partial charge in [-0.2, -0.15) is 0 Å². The molecule has 98 valence electrons. The molecule has 7 heteroatoms. The van der Waals surface area contributed by atoms with Gasteiger partial charge in [-0.05, 0) is 13.0 Å². The molecule has 0 saturated heterocycles. The van der Waals surface area contributed by atoms with Gasteiger partial charge in [0.05, 0.1) is 24.9 Å². The van der Waals surface area contributed by atoms with Crippen LogP contribution in [0.25, 0.3) is 22.1 Å². The first-order chi connectivity index (χ1) is 9.28. The van der Waals surface area contributed by atoms with E-state index in [9.17, 15) is 4.79 Å². The van der Waals surface area contributed by atoms with E-state index < -0.39 is 6.09 Å². The van der Waals surface area contributed by atoms with Crippen LogP contribution >= 0.6 is 0 Å². The number of alkyl carbamates (subject to hydrolysis) is 1. The van der Waals surface area contributed by atoms with Gasteiger partial charge in [0.1, 0.15) is 17.0 Å². The SMILES string of the molecule is CCOC(=O)NCc1nc2c(cnc3[nH]ccc32)[nH]1. The van der Waals surface area contributed by atoms with E-state index in [1.54, 1.807) is 13.1 Å². The van der Waals surface area contributed by atoms with Crippen molar-refractivity contribution < 1.29 is 9.53 Å². The Morgan fingerprint density at radius 3 is 3.26 bits per heavy atom. The summed E-state index contributed by atoms with van der Waals surface area (Å²) in [7, 11) is 0. The number of carbonyl (C=O) groups is 1. The van der Waals surface area contributed by atoms with E-state index in [-0.39, 0.29) is 0 Å². The Labute approximate surface area is 108 Å². The van der Waals surface area contributed by atoms with E-state index >= 15 is 0 Å². The number of pyridine rings is 1. The Bertz CT molecular complexity index is 730. The highest BCUT2D eigenvalue weighted by Crippen LogP contribution is 2.20. The van der Waals surface area contributed by atoms with E-state index in [1.165, 1.54) is 0 Å². The smallest absolute Gasteiger partial charge is 0.407 e. The molecule has 0 radical (unpaired) electrons. The van der Waals surface area contributed by atoms with Crippen molar-refractivity contribution in [2.75, 3.05) is 6.61 Å². The number of aromatic nitrogens is 4. The Morgan fingerprint density at radius 2 is 2.42 bits per heavy atom. The number of aromatic amines is 2. The summed E-state index contributed by atoms with van der Waals surface area (Å²) < 4.78 is 4.79. The second-order valence-electron chi connectivity index (χ2n) is 4.02. The lowest BCUT2D eigenvalue weighted by Gasteiger charge is -2.02. The lowest BCUT2D eigenvalue weighted by atomic mass is 10.3. The molecule has 3 rings (SSSR count). The van der Waals surface area contributed by atoms with Crippen molar-refractivity contribution >= 4 is 28.2 Å². The van der Waals surface area contributed by atoms with Gasteiger partial charge in [-0.25, -0.2) is 14.8 Å². The van der Waals surface area contributed by atoms with Gasteiger partial charge in [0.2, 0.25) is 0 Å². The zero-order chi connectivity index (χ0) is 13.2. The molecule has 3 aromatic heterocycles. The number of nitrogens with zero attached hydrogens (tertiary/aromatic N) is 2. The first-order valence-electron chi connectivity index (χ1n) is 5.99. The highest BCUT2D eigenvalue weighted by molar-refractivity contribution is 6.00. The molecule has 1 amide bonds. The fourth-order valence-electron chi connectivity index (χ4n) is 1.95. The predicted molar refractivity (Wildman–Crippen MR) is 69.6 cm³/mol. The van der Waals surface area contributed by atoms with Crippen LogP contribution in [0.15, 0.2) is 18.5 Å². The quantitative estimate of drug-likeness (QED) is 0.666. The third-order valence-electron chi connectivity index (χ3n) is 2.76. The highest BCUT2D eigenvalue weighted by Gasteiger charge is 2.09. The molecular formula is C12H13N5O2. The van der Waals surface area contributed by atoms with Crippen molar-refractivity contribution in [1.82, 2.24) is 25.3 Å². The minimum atomic E-state index is -0.451. The van der Waals surface area contributed by atoms with E-state index in [4.69, 9.17) is 4.74 Å². The fraction of sp³-hybridized carbons (Fsp3) is 0.250. The number of amides is 1. The van der Waals surface area contributed by atoms with Crippen LogP contribution in [0.1, 0.15) is 12.7 Å². The summed E-state index contributed by atoms with van der Waals surface area (Å²) in [5, 5.41) is 3.57. The summed E-state index contributed by atoms with van der Waals surface area (Å²) in [4.78, 5) is 26.1. The molecule has 0 bridgehead atoms. The van der Waals surface area contributed by atoms with Crippen LogP contribution in [0.3, 0.4) is 0 Å². The topological polar surface area (TPSA) is 95.7 Å². The number of nitrogens with one attached hydrogen (secondary N) is 3. The van der Waals surface area contributed by atoms with Gasteiger partial charge in [0.15, 0.2) is 0 Å². The van der Waals surface area contributed by atoms with Crippen molar-refractivity contribution in [1.29, 1.82) is 0 Å². The van der Waals surface area contributed by atoms with Crippen LogP contribution in [0.4, 0.5) is 4.79 Å². The largest absolute Gasteiger partial charge is 0.450 e. The average Bonchev–Trinajstić information content (AvgIpc) is 3.01. The number of hydrogen-bond donors (Lipinski definition) is 3. The van der Waals surface area contributed by atoms with Crippen molar-refractivity contribution in [2.24, 2.45) is 0 Å². The molecule has 0 aliphatic rings. The molecular weight excluding hydrogens is 246 g/mol. The van der Waals surface area contributed by atoms with Crippen LogP contribution in [0, 0.1) is 0 Å². The molecule has 7 nitrogen and oxygen atoms in total. The summed E-state index contributed by atoms with van der Waals surface area (Å²) in [6.45, 7) is 2.40. The van der Waals surface area contributed by atoms with Crippen molar-refractivity contribution in [3.8, 4) is 0 Å². The van der Waals surface area contributed by atoms with Gasteiger partial charge in [-0.3, -0.25) is 0 Å². The van der Waals surface area contributed by atoms with E-state index in [2.05, 4.69) is 25.3 Å². The number of carbonyl (C=O) groups excluding carboxylic acids is 1. The highest BCUT2D eigenvalue weighted by atomic mass is 16.5. The molecule has 0 aliphatic heterocycles. The van der Waals surface area contributed by atoms with Crippen molar-refractivity contribution in [3.63, 3.8) is 0 Å². The number of H-pyrrole nitrogens is 2. The third kappa shape index (κ3) is 2.10. The maximum atomic E-state index is 11.2. The summed E-state index contributed by atoms with van der Waals surface area (Å²) in [6, 6.07) is 1.92. The summed E-state index contributed by atoms with van der Waals surface area (Å²) in [6.07, 6.45) is 3.09. The van der Waals surface area contributed by atoms with Crippen LogP contribution in [-0.2, 0) is 11.3 Å². The van der Waals surface area contributed by atoms with Gasteiger partial charge in [0.25, 0.3) is 0 Å². The summed E-state index contributed by atoms with van der Waals surface area (Å²) in [5.41, 5.74) is 2.48. The molecule has 19 heavy (non-hydrogen) atoms. The van der Waals surface area contributed by atoms with Gasteiger partial charge in [-0.15, -0.1) is 0 Å². The molecule has 3 N–H and O–H groups in total. The number of ether oxygens (including phenoxy) is 1. The molecule has 0 saturated carbocycles. The first-order valence-corrected chi connectivity index (χ1v) is 5.99. The molecule has 0 unspecified atom stereocenters.